The summed E-state index contributed by atoms with van der Waals surface area (Å²) in [5.74, 6) is 1.62. The molecule has 0 spiro atoms. The molecule has 0 unspecified atom stereocenters. The summed E-state index contributed by atoms with van der Waals surface area (Å²) >= 11 is 0. The van der Waals surface area contributed by atoms with Gasteiger partial charge in [-0.25, -0.2) is 9.97 Å². The molecule has 2 aromatic heterocycles. The zero-order chi connectivity index (χ0) is 21.3. The van der Waals surface area contributed by atoms with Gasteiger partial charge in [-0.1, -0.05) is 72.4 Å². The molecular formula is C26H29N3O. The number of furan rings is 1. The van der Waals surface area contributed by atoms with Gasteiger partial charge in [-0.05, 0) is 39.7 Å². The third-order valence-corrected chi connectivity index (χ3v) is 4.84. The second kappa shape index (κ2) is 10.4. The van der Waals surface area contributed by atoms with Gasteiger partial charge in [-0.15, -0.1) is 0 Å². The first-order valence-electron chi connectivity index (χ1n) is 10.3. The Balaban J connectivity index is 2.06. The summed E-state index contributed by atoms with van der Waals surface area (Å²) < 4.78 is 6.23. The van der Waals surface area contributed by atoms with Crippen LogP contribution in [0.2, 0.25) is 0 Å². The Hall–Kier alpha value is -3.40. The van der Waals surface area contributed by atoms with Gasteiger partial charge in [0.15, 0.2) is 0 Å². The second-order valence-corrected chi connectivity index (χ2v) is 7.17. The number of benzene rings is 1. The maximum absolute atomic E-state index is 6.23. The molecule has 1 aromatic carbocycles. The van der Waals surface area contributed by atoms with E-state index in [1.165, 1.54) is 5.57 Å². The number of nitrogens with zero attached hydrogens (tertiary/aromatic N) is 2. The Labute approximate surface area is 178 Å². The molecule has 0 fully saturated rings. The fourth-order valence-corrected chi connectivity index (χ4v) is 3.28. The van der Waals surface area contributed by atoms with E-state index in [2.05, 4.69) is 59.5 Å². The molecule has 0 amide bonds. The Kier molecular flexibility index (Phi) is 7.39. The number of rotatable bonds is 8. The van der Waals surface area contributed by atoms with Crippen molar-refractivity contribution in [2.45, 2.75) is 34.1 Å². The molecule has 2 heterocycles. The largest absolute Gasteiger partial charge is 0.437 e. The van der Waals surface area contributed by atoms with Crippen LogP contribution in [0.15, 0.2) is 83.1 Å². The maximum atomic E-state index is 6.23. The molecule has 4 heteroatoms. The van der Waals surface area contributed by atoms with E-state index in [9.17, 15) is 0 Å². The van der Waals surface area contributed by atoms with E-state index in [0.717, 1.165) is 46.6 Å². The highest BCUT2D eigenvalue weighted by Gasteiger charge is 2.21. The fourth-order valence-electron chi connectivity index (χ4n) is 3.28. The van der Waals surface area contributed by atoms with Gasteiger partial charge in [0.2, 0.25) is 5.71 Å². The summed E-state index contributed by atoms with van der Waals surface area (Å²) in [6, 6.07) is 10.1. The van der Waals surface area contributed by atoms with Crippen LogP contribution in [0.5, 0.6) is 0 Å². The lowest BCUT2D eigenvalue weighted by atomic mass is 10.00. The average Bonchev–Trinajstić information content (AvgIpc) is 3.17. The van der Waals surface area contributed by atoms with E-state index in [1.54, 1.807) is 6.33 Å². The minimum Gasteiger partial charge on any atom is -0.437 e. The van der Waals surface area contributed by atoms with E-state index in [0.29, 0.717) is 5.71 Å². The molecule has 0 saturated heterocycles. The van der Waals surface area contributed by atoms with Gasteiger partial charge in [0.1, 0.15) is 17.9 Å². The molecule has 0 aliphatic heterocycles. The van der Waals surface area contributed by atoms with Gasteiger partial charge in [-0.3, -0.25) is 0 Å². The molecule has 0 radical (unpaired) electrons. The Morgan fingerprint density at radius 3 is 2.47 bits per heavy atom. The topological polar surface area (TPSA) is 51.0 Å². The third-order valence-electron chi connectivity index (χ3n) is 4.84. The summed E-state index contributed by atoms with van der Waals surface area (Å²) in [5.41, 5.74) is 5.06. The number of hydrogen-bond donors (Lipinski definition) is 1. The third kappa shape index (κ3) is 4.95. The SMILES string of the molecule is C/C=C\C=C(/C)CCNc1ncnc2oc(-c3ccccc3)c(/C(C)=C/C=C\C)c12. The average molecular weight is 400 g/mol. The lowest BCUT2D eigenvalue weighted by molar-refractivity contribution is 0.616. The van der Waals surface area contributed by atoms with Crippen LogP contribution >= 0.6 is 0 Å². The zero-order valence-electron chi connectivity index (χ0n) is 18.1. The minimum absolute atomic E-state index is 0.593. The van der Waals surface area contributed by atoms with Crippen molar-refractivity contribution in [2.75, 3.05) is 11.9 Å². The highest BCUT2D eigenvalue weighted by atomic mass is 16.3. The number of aromatic nitrogens is 2. The lowest BCUT2D eigenvalue weighted by Crippen LogP contribution is -2.05. The molecule has 30 heavy (non-hydrogen) atoms. The number of fused-ring (bicyclic) bond motifs is 1. The molecular weight excluding hydrogens is 370 g/mol. The van der Waals surface area contributed by atoms with Gasteiger partial charge in [0.05, 0.1) is 5.39 Å². The summed E-state index contributed by atoms with van der Waals surface area (Å²) in [4.78, 5) is 8.95. The maximum Gasteiger partial charge on any atom is 0.232 e. The molecule has 0 saturated carbocycles. The second-order valence-electron chi connectivity index (χ2n) is 7.17. The minimum atomic E-state index is 0.593. The molecule has 4 nitrogen and oxygen atoms in total. The van der Waals surface area contributed by atoms with Crippen LogP contribution in [0.3, 0.4) is 0 Å². The molecule has 0 aliphatic carbocycles. The van der Waals surface area contributed by atoms with E-state index in [1.807, 2.05) is 50.3 Å². The molecule has 3 aromatic rings. The summed E-state index contributed by atoms with van der Waals surface area (Å²) in [5, 5.41) is 4.41. The van der Waals surface area contributed by atoms with Gasteiger partial charge >= 0.3 is 0 Å². The summed E-state index contributed by atoms with van der Waals surface area (Å²) in [6.45, 7) is 9.05. The van der Waals surface area contributed by atoms with Crippen LogP contribution in [0.25, 0.3) is 28.0 Å². The van der Waals surface area contributed by atoms with Crippen molar-refractivity contribution in [1.82, 2.24) is 9.97 Å². The summed E-state index contributed by atoms with van der Waals surface area (Å²) in [6.07, 6.45) is 14.9. The van der Waals surface area contributed by atoms with Crippen LogP contribution in [0.1, 0.15) is 39.7 Å². The highest BCUT2D eigenvalue weighted by Crippen LogP contribution is 2.39. The monoisotopic (exact) mass is 399 g/mol. The Bertz CT molecular complexity index is 1100. The van der Waals surface area contributed by atoms with Crippen molar-refractivity contribution in [1.29, 1.82) is 0 Å². The van der Waals surface area contributed by atoms with Crippen LogP contribution in [-0.4, -0.2) is 16.5 Å². The zero-order valence-corrected chi connectivity index (χ0v) is 18.1. The van der Waals surface area contributed by atoms with Crippen molar-refractivity contribution >= 4 is 22.5 Å². The first kappa shape index (κ1) is 21.3. The van der Waals surface area contributed by atoms with Gasteiger partial charge < -0.3 is 9.73 Å². The first-order valence-corrected chi connectivity index (χ1v) is 10.3. The van der Waals surface area contributed by atoms with Crippen LogP contribution in [-0.2, 0) is 0 Å². The lowest BCUT2D eigenvalue weighted by Gasteiger charge is -2.09. The van der Waals surface area contributed by atoms with Crippen molar-refractivity contribution in [3.8, 4) is 11.3 Å². The van der Waals surface area contributed by atoms with E-state index in [-0.39, 0.29) is 0 Å². The van der Waals surface area contributed by atoms with Crippen LogP contribution in [0, 0.1) is 0 Å². The van der Waals surface area contributed by atoms with Crippen molar-refractivity contribution in [3.05, 3.63) is 84.3 Å². The predicted octanol–water partition coefficient (Wildman–Crippen LogP) is 7.19. The molecule has 0 bridgehead atoms. The van der Waals surface area contributed by atoms with E-state index >= 15 is 0 Å². The van der Waals surface area contributed by atoms with Gasteiger partial charge in [0.25, 0.3) is 0 Å². The molecule has 0 aliphatic rings. The Morgan fingerprint density at radius 1 is 1.00 bits per heavy atom. The number of nitrogens with one attached hydrogen (secondary N) is 1. The first-order chi connectivity index (χ1) is 14.7. The van der Waals surface area contributed by atoms with Crippen molar-refractivity contribution in [2.24, 2.45) is 0 Å². The fraction of sp³-hybridized carbons (Fsp3) is 0.231. The smallest absolute Gasteiger partial charge is 0.232 e. The van der Waals surface area contributed by atoms with Crippen molar-refractivity contribution < 1.29 is 4.42 Å². The normalized spacial score (nSPS) is 13.1. The highest BCUT2D eigenvalue weighted by molar-refractivity contribution is 6.02. The van der Waals surface area contributed by atoms with Crippen molar-refractivity contribution in [3.63, 3.8) is 0 Å². The van der Waals surface area contributed by atoms with Crippen LogP contribution < -0.4 is 5.32 Å². The van der Waals surface area contributed by atoms with E-state index < -0.39 is 0 Å². The van der Waals surface area contributed by atoms with Gasteiger partial charge in [-0.2, -0.15) is 0 Å². The van der Waals surface area contributed by atoms with E-state index in [4.69, 9.17) is 4.42 Å². The predicted molar refractivity (Wildman–Crippen MR) is 127 cm³/mol. The van der Waals surface area contributed by atoms with Gasteiger partial charge in [0, 0.05) is 17.7 Å². The quantitative estimate of drug-likeness (QED) is 0.407. The molecule has 3 rings (SSSR count). The molecule has 154 valence electrons. The summed E-state index contributed by atoms with van der Waals surface area (Å²) in [7, 11) is 0. The van der Waals surface area contributed by atoms with Crippen LogP contribution in [0.4, 0.5) is 5.82 Å². The molecule has 1 N–H and O–H groups in total. The number of anilines is 1. The Morgan fingerprint density at radius 2 is 1.73 bits per heavy atom. The number of hydrogen-bond acceptors (Lipinski definition) is 4. The standard InChI is InChI=1S/C26H29N3O/c1-5-7-12-19(3)16-17-27-25-23-22(20(4)13-8-6-2)24(21-14-10-9-11-15-21)30-26(23)29-18-28-25/h5-15,18H,16-17H2,1-4H3,(H,27,28,29)/b7-5-,8-6-,19-12+,20-13+. The molecule has 0 atom stereocenters. The number of allylic oxidation sites excluding steroid dienone is 7.